The Bertz CT molecular complexity index is 1470. The molecule has 0 bridgehead atoms. The Kier molecular flexibility index (Phi) is 5.95. The number of aliphatic hydroxyl groups excluding tert-OH is 1. The number of hydrogen-bond acceptors (Lipinski definition) is 9. The minimum atomic E-state index is -1.05. The second kappa shape index (κ2) is 9.23. The van der Waals surface area contributed by atoms with Crippen molar-refractivity contribution in [3.8, 4) is 23.1 Å². The van der Waals surface area contributed by atoms with Crippen molar-refractivity contribution in [1.29, 1.82) is 5.26 Å². The van der Waals surface area contributed by atoms with Gasteiger partial charge in [-0.15, -0.1) is 5.10 Å². The molecule has 4 aromatic rings. The molecule has 13 heteroatoms. The molecular weight excluding hydrogens is 464 g/mol. The molecule has 0 aromatic carbocycles. The summed E-state index contributed by atoms with van der Waals surface area (Å²) >= 11 is 0. The number of nitrogens with zero attached hydrogens (tertiary/aromatic N) is 9. The van der Waals surface area contributed by atoms with E-state index in [4.69, 9.17) is 5.26 Å². The van der Waals surface area contributed by atoms with Crippen LogP contribution in [-0.4, -0.2) is 81.2 Å². The lowest BCUT2D eigenvalue weighted by molar-refractivity contribution is 0.0249. The third-order valence-electron chi connectivity index (χ3n) is 6.03. The number of hydrogen-bond donors (Lipinski definition) is 3. The van der Waals surface area contributed by atoms with Gasteiger partial charge in [0, 0.05) is 47.7 Å². The van der Waals surface area contributed by atoms with E-state index in [2.05, 4.69) is 36.8 Å². The Morgan fingerprint density at radius 1 is 1.25 bits per heavy atom. The number of piperidine rings is 1. The molecule has 2 atom stereocenters. The third-order valence-corrected chi connectivity index (χ3v) is 6.03. The van der Waals surface area contributed by atoms with E-state index in [9.17, 15) is 15.0 Å². The monoisotopic (exact) mass is 488 g/mol. The Morgan fingerprint density at radius 2 is 2.08 bits per heavy atom. The number of β-amino-alcohol motifs (C(OH)–C–C–N with tert-alkyl or cyclic N) is 1. The van der Waals surface area contributed by atoms with Gasteiger partial charge in [0.15, 0.2) is 11.5 Å². The number of aliphatic hydroxyl groups is 1. The Balaban J connectivity index is 1.47. The van der Waals surface area contributed by atoms with Gasteiger partial charge in [0.1, 0.15) is 11.8 Å². The Morgan fingerprint density at radius 3 is 2.81 bits per heavy atom. The number of anilines is 1. The number of fused-ring (bicyclic) bond motifs is 1. The van der Waals surface area contributed by atoms with Crippen molar-refractivity contribution in [2.45, 2.75) is 38.5 Å². The van der Waals surface area contributed by atoms with Crippen molar-refractivity contribution >= 4 is 22.8 Å². The van der Waals surface area contributed by atoms with Gasteiger partial charge in [-0.2, -0.15) is 15.0 Å². The molecular formula is C23H24N10O3. The summed E-state index contributed by atoms with van der Waals surface area (Å²) in [5, 5.41) is 45.9. The van der Waals surface area contributed by atoms with Gasteiger partial charge >= 0.3 is 6.09 Å². The fraction of sp³-hybridized carbons (Fsp3) is 0.348. The molecule has 5 heterocycles. The van der Waals surface area contributed by atoms with Gasteiger partial charge in [-0.1, -0.05) is 5.21 Å². The van der Waals surface area contributed by atoms with E-state index in [1.54, 1.807) is 34.0 Å². The van der Waals surface area contributed by atoms with Crippen LogP contribution in [0.1, 0.15) is 31.9 Å². The van der Waals surface area contributed by atoms with Crippen LogP contribution in [0.25, 0.3) is 28.1 Å². The van der Waals surface area contributed by atoms with Gasteiger partial charge in [-0.05, 0) is 26.3 Å². The molecule has 2 unspecified atom stereocenters. The number of pyridine rings is 2. The molecule has 13 nitrogen and oxygen atoms in total. The number of amides is 1. The molecule has 0 aliphatic carbocycles. The summed E-state index contributed by atoms with van der Waals surface area (Å²) in [6.07, 6.45) is 5.04. The number of aromatic nitrogens is 7. The maximum atomic E-state index is 11.2. The lowest BCUT2D eigenvalue weighted by Crippen LogP contribution is -2.46. The molecule has 1 saturated heterocycles. The van der Waals surface area contributed by atoms with Crippen LogP contribution in [0, 0.1) is 11.3 Å². The van der Waals surface area contributed by atoms with E-state index in [0.29, 0.717) is 41.3 Å². The van der Waals surface area contributed by atoms with Crippen LogP contribution in [0.2, 0.25) is 0 Å². The van der Waals surface area contributed by atoms with Gasteiger partial charge < -0.3 is 20.4 Å². The molecule has 3 N–H and O–H groups in total. The maximum absolute atomic E-state index is 11.2. The minimum absolute atomic E-state index is 0.0212. The average Bonchev–Trinajstić information content (AvgIpc) is 3.50. The second-order valence-electron chi connectivity index (χ2n) is 8.93. The van der Waals surface area contributed by atoms with E-state index in [-0.39, 0.29) is 18.6 Å². The van der Waals surface area contributed by atoms with Crippen molar-refractivity contribution in [2.75, 3.05) is 18.4 Å². The van der Waals surface area contributed by atoms with Crippen LogP contribution in [0.4, 0.5) is 10.5 Å². The smallest absolute Gasteiger partial charge is 0.407 e. The zero-order chi connectivity index (χ0) is 25.4. The predicted molar refractivity (Wildman–Crippen MR) is 128 cm³/mol. The number of nitriles is 1. The number of nitrogens with one attached hydrogen (secondary N) is 1. The molecule has 0 saturated carbocycles. The molecule has 1 aliphatic rings. The summed E-state index contributed by atoms with van der Waals surface area (Å²) in [7, 11) is 0. The zero-order valence-electron chi connectivity index (χ0n) is 19.6. The largest absolute Gasteiger partial charge is 0.465 e. The Hall–Kier alpha value is -4.57. The summed E-state index contributed by atoms with van der Waals surface area (Å²) in [5.41, 5.74) is 3.08. The van der Waals surface area contributed by atoms with Crippen LogP contribution in [0.3, 0.4) is 0 Å². The third kappa shape index (κ3) is 4.29. The van der Waals surface area contributed by atoms with Gasteiger partial charge in [0.2, 0.25) is 0 Å². The normalized spacial score (nSPS) is 17.9. The minimum Gasteiger partial charge on any atom is -0.465 e. The van der Waals surface area contributed by atoms with Crippen LogP contribution in [0.15, 0.2) is 36.9 Å². The first-order valence-electron chi connectivity index (χ1n) is 11.4. The highest BCUT2D eigenvalue weighted by Gasteiger charge is 2.32. The molecule has 184 valence electrons. The van der Waals surface area contributed by atoms with Crippen molar-refractivity contribution in [2.24, 2.45) is 0 Å². The van der Waals surface area contributed by atoms with Crippen molar-refractivity contribution < 1.29 is 15.0 Å². The van der Waals surface area contributed by atoms with Crippen molar-refractivity contribution in [1.82, 2.24) is 39.6 Å². The first-order chi connectivity index (χ1) is 17.3. The summed E-state index contributed by atoms with van der Waals surface area (Å²) in [4.78, 5) is 21.4. The standard InChI is InChI=1S/C23H24N10O3/c1-13(2)28-17-6-21(33-22-15(9-27-33)5-14(7-24)8-26-22)25-10-16(17)18-11-32(30-29-18)19-3-4-31(23(35)36)12-20(19)34/h5-6,8-11,13,19-20,34H,3-4,12H2,1-2H3,(H,25,28)(H,35,36). The van der Waals surface area contributed by atoms with Crippen molar-refractivity contribution in [3.63, 3.8) is 0 Å². The van der Waals surface area contributed by atoms with Crippen molar-refractivity contribution in [3.05, 3.63) is 42.5 Å². The van der Waals surface area contributed by atoms with E-state index < -0.39 is 12.2 Å². The molecule has 4 aromatic heterocycles. The van der Waals surface area contributed by atoms with E-state index in [1.807, 2.05) is 19.9 Å². The summed E-state index contributed by atoms with van der Waals surface area (Å²) in [6, 6.07) is 5.38. The van der Waals surface area contributed by atoms with Gasteiger partial charge in [0.25, 0.3) is 0 Å². The lowest BCUT2D eigenvalue weighted by Gasteiger charge is -2.33. The predicted octanol–water partition coefficient (Wildman–Crippen LogP) is 2.05. The topological polar surface area (TPSA) is 171 Å². The maximum Gasteiger partial charge on any atom is 0.407 e. The second-order valence-corrected chi connectivity index (χ2v) is 8.93. The van der Waals surface area contributed by atoms with Gasteiger partial charge in [-0.25, -0.2) is 19.4 Å². The van der Waals surface area contributed by atoms with Gasteiger partial charge in [0.05, 0.1) is 36.6 Å². The fourth-order valence-corrected chi connectivity index (χ4v) is 4.31. The highest BCUT2D eigenvalue weighted by molar-refractivity contribution is 5.79. The number of likely N-dealkylation sites (tertiary alicyclic amines) is 1. The molecule has 36 heavy (non-hydrogen) atoms. The van der Waals surface area contributed by atoms with E-state index >= 15 is 0 Å². The summed E-state index contributed by atoms with van der Waals surface area (Å²) < 4.78 is 3.19. The van der Waals surface area contributed by atoms with Crippen LogP contribution >= 0.6 is 0 Å². The number of rotatable bonds is 5. The van der Waals surface area contributed by atoms with E-state index in [1.165, 1.54) is 11.1 Å². The quantitative estimate of drug-likeness (QED) is 0.377. The summed E-state index contributed by atoms with van der Waals surface area (Å²) in [5.74, 6) is 0.540. The molecule has 1 amide bonds. The molecule has 1 aliphatic heterocycles. The fourth-order valence-electron chi connectivity index (χ4n) is 4.31. The lowest BCUT2D eigenvalue weighted by atomic mass is 10.0. The van der Waals surface area contributed by atoms with Crippen LogP contribution in [-0.2, 0) is 0 Å². The Labute approximate surface area is 205 Å². The number of carbonyl (C=O) groups is 1. The number of carboxylic acid groups (broad SMARTS) is 1. The first-order valence-corrected chi connectivity index (χ1v) is 11.4. The molecule has 1 fully saturated rings. The summed E-state index contributed by atoms with van der Waals surface area (Å²) in [6.45, 7) is 4.36. The molecule has 5 rings (SSSR count). The first kappa shape index (κ1) is 23.2. The molecule has 0 radical (unpaired) electrons. The highest BCUT2D eigenvalue weighted by atomic mass is 16.4. The van der Waals surface area contributed by atoms with E-state index in [0.717, 1.165) is 11.1 Å². The van der Waals surface area contributed by atoms with Crippen LogP contribution in [0.5, 0.6) is 0 Å². The zero-order valence-corrected chi connectivity index (χ0v) is 19.6. The molecule has 0 spiro atoms. The SMILES string of the molecule is CC(C)Nc1cc(-n2ncc3cc(C#N)cnc32)ncc1-c1cn(C2CCN(C(=O)O)CC2O)nn1. The van der Waals surface area contributed by atoms with Crippen LogP contribution < -0.4 is 5.32 Å². The highest BCUT2D eigenvalue weighted by Crippen LogP contribution is 2.30. The average molecular weight is 489 g/mol. The van der Waals surface area contributed by atoms with Gasteiger partial charge in [-0.3, -0.25) is 0 Å².